The molecule has 2 saturated heterocycles. The summed E-state index contributed by atoms with van der Waals surface area (Å²) in [6.45, 7) is 12.8. The Balaban J connectivity index is 0.00000171. The molecule has 0 aromatic carbocycles. The highest BCUT2D eigenvalue weighted by Gasteiger charge is 2.64. The minimum absolute atomic E-state index is 0. The molecule has 2 unspecified atom stereocenters. The summed E-state index contributed by atoms with van der Waals surface area (Å²) in [5.74, 6) is 0.205. The van der Waals surface area contributed by atoms with Crippen LogP contribution in [0.25, 0.3) is 0 Å². The molecule has 2 atom stereocenters. The molecule has 4 fully saturated rings. The van der Waals surface area contributed by atoms with Gasteiger partial charge in [0, 0.05) is 44.7 Å². The average Bonchev–Trinajstić information content (AvgIpc) is 2.92. The highest BCUT2D eigenvalue weighted by atomic mass is 35.5. The lowest BCUT2D eigenvalue weighted by atomic mass is 9.62. The van der Waals surface area contributed by atoms with Gasteiger partial charge >= 0.3 is 0 Å². The number of likely N-dealkylation sites (tertiary alicyclic amines) is 1. The van der Waals surface area contributed by atoms with Crippen molar-refractivity contribution in [3.8, 4) is 0 Å². The van der Waals surface area contributed by atoms with Crippen LogP contribution in [0.2, 0.25) is 0 Å². The highest BCUT2D eigenvalue weighted by Crippen LogP contribution is 2.60. The maximum absolute atomic E-state index is 13.1. The van der Waals surface area contributed by atoms with Crippen molar-refractivity contribution in [1.29, 1.82) is 0 Å². The van der Waals surface area contributed by atoms with Gasteiger partial charge in [-0.05, 0) is 50.5 Å². The van der Waals surface area contributed by atoms with Gasteiger partial charge in [0.15, 0.2) is 0 Å². The van der Waals surface area contributed by atoms with Crippen molar-refractivity contribution >= 4 is 36.6 Å². The maximum atomic E-state index is 13.1. The van der Waals surface area contributed by atoms with Crippen LogP contribution in [-0.2, 0) is 9.59 Å². The quantitative estimate of drug-likeness (QED) is 0.422. The molecule has 31 heavy (non-hydrogen) atoms. The predicted molar refractivity (Wildman–Crippen MR) is 130 cm³/mol. The normalized spacial score (nSPS) is 32.0. The van der Waals surface area contributed by atoms with E-state index < -0.39 is 0 Å². The second-order valence-electron chi connectivity index (χ2n) is 10.8. The van der Waals surface area contributed by atoms with Crippen molar-refractivity contribution in [2.45, 2.75) is 84.6 Å². The van der Waals surface area contributed by atoms with E-state index >= 15 is 0 Å². The Labute approximate surface area is 201 Å². The molecule has 2 heterocycles. The Kier molecular flexibility index (Phi) is 9.29. The van der Waals surface area contributed by atoms with Gasteiger partial charge < -0.3 is 4.90 Å². The fourth-order valence-corrected chi connectivity index (χ4v) is 6.52. The Morgan fingerprint density at radius 1 is 0.839 bits per heavy atom. The zero-order valence-electron chi connectivity index (χ0n) is 19.7. The van der Waals surface area contributed by atoms with Crippen LogP contribution in [0.15, 0.2) is 0 Å². The Bertz CT molecular complexity index is 630. The number of fused-ring (bicyclic) bond motifs is 2. The molecule has 5 nitrogen and oxygen atoms in total. The monoisotopic (exact) mass is 475 g/mol. The number of piperazine rings is 1. The lowest BCUT2D eigenvalue weighted by Crippen LogP contribution is -2.59. The van der Waals surface area contributed by atoms with Crippen molar-refractivity contribution in [3.63, 3.8) is 0 Å². The Morgan fingerprint density at radius 2 is 1.45 bits per heavy atom. The number of carbonyl (C=O) groups excluding carboxylic acids is 2. The van der Waals surface area contributed by atoms with Crippen molar-refractivity contribution in [1.82, 2.24) is 14.7 Å². The molecule has 0 aromatic rings. The number of amides is 2. The summed E-state index contributed by atoms with van der Waals surface area (Å²) >= 11 is 0. The molecule has 180 valence electrons. The first-order valence-electron chi connectivity index (χ1n) is 12.2. The second-order valence-corrected chi connectivity index (χ2v) is 10.8. The average molecular weight is 477 g/mol. The zero-order chi connectivity index (χ0) is 20.6. The molecular weight excluding hydrogens is 433 g/mol. The SMILES string of the molecule is CC12CCC(C(=O)N(CCCCN3CCN(C4CCCCC4)CC3)C1=O)C2(C)C.Cl.Cl. The first-order valence-corrected chi connectivity index (χ1v) is 12.2. The van der Waals surface area contributed by atoms with Crippen LogP contribution in [0.1, 0.15) is 78.6 Å². The molecule has 2 saturated carbocycles. The zero-order valence-corrected chi connectivity index (χ0v) is 21.4. The van der Waals surface area contributed by atoms with Crippen LogP contribution in [0.5, 0.6) is 0 Å². The number of hydrogen-bond acceptors (Lipinski definition) is 4. The van der Waals surface area contributed by atoms with Crippen LogP contribution in [0, 0.1) is 16.7 Å². The predicted octanol–water partition coefficient (Wildman–Crippen LogP) is 4.37. The lowest BCUT2D eigenvalue weighted by molar-refractivity contribution is -0.167. The van der Waals surface area contributed by atoms with E-state index in [-0.39, 0.29) is 53.4 Å². The first kappa shape index (κ1) is 26.9. The van der Waals surface area contributed by atoms with Gasteiger partial charge in [-0.15, -0.1) is 24.8 Å². The van der Waals surface area contributed by atoms with E-state index in [1.54, 1.807) is 4.90 Å². The molecule has 2 aliphatic heterocycles. The summed E-state index contributed by atoms with van der Waals surface area (Å²) in [5, 5.41) is 0. The molecule has 0 spiro atoms. The maximum Gasteiger partial charge on any atom is 0.235 e. The van der Waals surface area contributed by atoms with E-state index in [1.165, 1.54) is 58.3 Å². The van der Waals surface area contributed by atoms with Gasteiger partial charge in [0.25, 0.3) is 0 Å². The van der Waals surface area contributed by atoms with Crippen LogP contribution in [-0.4, -0.2) is 71.8 Å². The number of halogens is 2. The number of hydrogen-bond donors (Lipinski definition) is 0. The van der Waals surface area contributed by atoms with Crippen molar-refractivity contribution in [2.75, 3.05) is 39.3 Å². The topological polar surface area (TPSA) is 43.9 Å². The molecule has 7 heteroatoms. The van der Waals surface area contributed by atoms with Gasteiger partial charge in [0.1, 0.15) is 0 Å². The second kappa shape index (κ2) is 10.7. The smallest absolute Gasteiger partial charge is 0.235 e. The summed E-state index contributed by atoms with van der Waals surface area (Å²) in [6, 6.07) is 0.836. The molecule has 4 aliphatic rings. The fraction of sp³-hybridized carbons (Fsp3) is 0.917. The van der Waals surface area contributed by atoms with Crippen LogP contribution < -0.4 is 0 Å². The van der Waals surface area contributed by atoms with Crippen LogP contribution in [0.4, 0.5) is 0 Å². The first-order chi connectivity index (χ1) is 13.8. The van der Waals surface area contributed by atoms with Crippen LogP contribution in [0.3, 0.4) is 0 Å². The molecular formula is C24H43Cl2N3O2. The van der Waals surface area contributed by atoms with Crippen LogP contribution >= 0.6 is 24.8 Å². The summed E-state index contributed by atoms with van der Waals surface area (Å²) < 4.78 is 0. The number of imide groups is 1. The van der Waals surface area contributed by atoms with E-state index in [0.29, 0.717) is 6.54 Å². The number of unbranched alkanes of at least 4 members (excludes halogenated alkanes) is 1. The van der Waals surface area contributed by atoms with E-state index in [4.69, 9.17) is 0 Å². The molecule has 2 amide bonds. The van der Waals surface area contributed by atoms with Crippen molar-refractivity contribution in [3.05, 3.63) is 0 Å². The van der Waals surface area contributed by atoms with Gasteiger partial charge in [0.2, 0.25) is 11.8 Å². The van der Waals surface area contributed by atoms with Gasteiger partial charge in [0.05, 0.1) is 5.41 Å². The number of piperidine rings is 1. The number of carbonyl (C=O) groups is 2. The van der Waals surface area contributed by atoms with Crippen molar-refractivity contribution in [2.24, 2.45) is 16.7 Å². The third-order valence-corrected chi connectivity index (χ3v) is 9.11. The summed E-state index contributed by atoms with van der Waals surface area (Å²) in [4.78, 5) is 32.9. The fourth-order valence-electron chi connectivity index (χ4n) is 6.52. The standard InChI is InChI=1S/C24H41N3O2.2ClH/c1-23(2)20-11-12-24(23,3)22(29)27(21(20)28)14-8-7-13-25-15-17-26(18-16-25)19-9-5-4-6-10-19;;/h19-20H,4-18H2,1-3H3;2*1H. The molecule has 2 bridgehead atoms. The van der Waals surface area contributed by atoms with E-state index in [2.05, 4.69) is 30.6 Å². The number of rotatable bonds is 6. The van der Waals surface area contributed by atoms with Gasteiger partial charge in [-0.25, -0.2) is 0 Å². The summed E-state index contributed by atoms with van der Waals surface area (Å²) in [7, 11) is 0. The molecule has 0 radical (unpaired) electrons. The summed E-state index contributed by atoms with van der Waals surface area (Å²) in [6.07, 6.45) is 10.8. The Hall–Kier alpha value is -0.360. The third-order valence-electron chi connectivity index (χ3n) is 9.11. The van der Waals surface area contributed by atoms with Crippen molar-refractivity contribution < 1.29 is 9.59 Å². The minimum atomic E-state index is -0.360. The van der Waals surface area contributed by atoms with E-state index in [1.807, 2.05) is 0 Å². The van der Waals surface area contributed by atoms with E-state index in [9.17, 15) is 9.59 Å². The highest BCUT2D eigenvalue weighted by molar-refractivity contribution is 6.03. The van der Waals surface area contributed by atoms with Gasteiger partial charge in [-0.2, -0.15) is 0 Å². The largest absolute Gasteiger partial charge is 0.301 e. The minimum Gasteiger partial charge on any atom is -0.301 e. The molecule has 0 N–H and O–H groups in total. The van der Waals surface area contributed by atoms with E-state index in [0.717, 1.165) is 38.3 Å². The lowest BCUT2D eigenvalue weighted by Gasteiger charge is -2.47. The molecule has 0 aromatic heterocycles. The Morgan fingerprint density at radius 3 is 2.10 bits per heavy atom. The molecule has 4 rings (SSSR count). The molecule has 2 aliphatic carbocycles. The summed E-state index contributed by atoms with van der Waals surface area (Å²) in [5.41, 5.74) is -0.559. The van der Waals surface area contributed by atoms with Gasteiger partial charge in [-0.3, -0.25) is 19.4 Å². The van der Waals surface area contributed by atoms with Gasteiger partial charge in [-0.1, -0.05) is 40.0 Å². The third kappa shape index (κ3) is 4.95. The number of nitrogens with zero attached hydrogens (tertiary/aromatic N) is 3.